The molecular formula is C19H33N6O5P. The molecule has 1 fully saturated rings. The summed E-state index contributed by atoms with van der Waals surface area (Å²) < 4.78 is 38.0. The second kappa shape index (κ2) is 10.8. The zero-order valence-corrected chi connectivity index (χ0v) is 19.5. The van der Waals surface area contributed by atoms with Crippen molar-refractivity contribution < 1.29 is 23.1 Å². The number of rotatable bonds is 11. The molecule has 1 atom stereocenters. The zero-order chi connectivity index (χ0) is 22.4. The molecule has 0 spiro atoms. The highest BCUT2D eigenvalue weighted by atomic mass is 31.2. The number of nitrogen functional groups attached to an aromatic ring is 1. The summed E-state index contributed by atoms with van der Waals surface area (Å²) in [6.45, 7) is 11.3. The highest BCUT2D eigenvalue weighted by molar-refractivity contribution is 7.53. The molecule has 1 unspecified atom stereocenters. The van der Waals surface area contributed by atoms with E-state index in [1.54, 1.807) is 6.33 Å². The normalized spacial score (nSPS) is 17.1. The van der Waals surface area contributed by atoms with Gasteiger partial charge in [0, 0.05) is 19.6 Å². The number of imidazole rings is 1. The second-order valence-electron chi connectivity index (χ2n) is 8.08. The summed E-state index contributed by atoms with van der Waals surface area (Å²) in [5.41, 5.74) is 7.08. The maximum atomic E-state index is 13.2. The largest absolute Gasteiger partial charge is 0.382 e. The number of nitrogens with zero attached hydrogens (tertiary/aromatic N) is 5. The Hall–Kier alpha value is -1.62. The van der Waals surface area contributed by atoms with Gasteiger partial charge in [-0.15, -0.1) is 0 Å². The van der Waals surface area contributed by atoms with Crippen molar-refractivity contribution in [3.63, 3.8) is 0 Å². The maximum Gasteiger partial charge on any atom is 0.356 e. The number of hydrogen-bond donors (Lipinski definition) is 1. The fraction of sp³-hybridized carbons (Fsp3) is 0.737. The third-order valence-electron chi connectivity index (χ3n) is 4.61. The van der Waals surface area contributed by atoms with Crippen LogP contribution in [0.15, 0.2) is 12.7 Å². The zero-order valence-electron chi connectivity index (χ0n) is 18.6. The average Bonchev–Trinajstić information content (AvgIpc) is 3.10. The summed E-state index contributed by atoms with van der Waals surface area (Å²) in [5, 5.41) is 0. The molecule has 174 valence electrons. The van der Waals surface area contributed by atoms with Gasteiger partial charge in [-0.2, -0.15) is 0 Å². The van der Waals surface area contributed by atoms with Crippen molar-refractivity contribution in [2.24, 2.45) is 0 Å². The Morgan fingerprint density at radius 3 is 2.42 bits per heavy atom. The van der Waals surface area contributed by atoms with Crippen molar-refractivity contribution in [1.82, 2.24) is 24.4 Å². The van der Waals surface area contributed by atoms with Gasteiger partial charge in [0.15, 0.2) is 11.5 Å². The summed E-state index contributed by atoms with van der Waals surface area (Å²) in [5.74, 6) is 0.328. The molecule has 0 radical (unpaired) electrons. The van der Waals surface area contributed by atoms with Crippen LogP contribution in [-0.4, -0.2) is 81.9 Å². The first kappa shape index (κ1) is 24.0. The van der Waals surface area contributed by atoms with Crippen molar-refractivity contribution in [3.05, 3.63) is 12.7 Å². The molecule has 31 heavy (non-hydrogen) atoms. The first-order valence-corrected chi connectivity index (χ1v) is 12.3. The SMILES string of the molecule is CC(C)OP(=O)(COC(CN1CCOCC1)Cn1cnc2c(N)ncnc21)OC(C)C. The van der Waals surface area contributed by atoms with Crippen molar-refractivity contribution in [2.75, 3.05) is 44.9 Å². The standard InChI is InChI=1S/C19H33N6O5P/c1-14(2)29-31(26,30-15(3)4)13-28-16(9-24-5-7-27-8-6-24)10-25-12-23-17-18(20)21-11-22-19(17)25/h11-12,14-16H,5-10,13H2,1-4H3,(H2,20,21,22). The van der Waals surface area contributed by atoms with Crippen LogP contribution in [0.5, 0.6) is 0 Å². The molecular weight excluding hydrogens is 423 g/mol. The molecule has 1 saturated heterocycles. The van der Waals surface area contributed by atoms with E-state index in [1.165, 1.54) is 6.33 Å². The number of hydrogen-bond acceptors (Lipinski definition) is 10. The van der Waals surface area contributed by atoms with E-state index in [-0.39, 0.29) is 24.7 Å². The summed E-state index contributed by atoms with van der Waals surface area (Å²) in [6, 6.07) is 0. The first-order chi connectivity index (χ1) is 14.8. The minimum atomic E-state index is -3.42. The molecule has 1 aliphatic rings. The van der Waals surface area contributed by atoms with Crippen LogP contribution in [0.25, 0.3) is 11.2 Å². The van der Waals surface area contributed by atoms with Gasteiger partial charge in [-0.3, -0.25) is 9.46 Å². The number of morpholine rings is 1. The Balaban J connectivity index is 1.76. The quantitative estimate of drug-likeness (QED) is 0.502. The van der Waals surface area contributed by atoms with Crippen LogP contribution in [0.2, 0.25) is 0 Å². The third kappa shape index (κ3) is 6.93. The molecule has 0 bridgehead atoms. The van der Waals surface area contributed by atoms with E-state index >= 15 is 0 Å². The number of ether oxygens (including phenoxy) is 2. The highest BCUT2D eigenvalue weighted by Gasteiger charge is 2.30. The van der Waals surface area contributed by atoms with E-state index in [4.69, 9.17) is 24.3 Å². The summed E-state index contributed by atoms with van der Waals surface area (Å²) in [4.78, 5) is 14.9. The van der Waals surface area contributed by atoms with Crippen LogP contribution in [0.4, 0.5) is 5.82 Å². The Morgan fingerprint density at radius 2 is 1.77 bits per heavy atom. The van der Waals surface area contributed by atoms with Crippen LogP contribution in [0.1, 0.15) is 27.7 Å². The van der Waals surface area contributed by atoms with Gasteiger partial charge in [0.25, 0.3) is 0 Å². The van der Waals surface area contributed by atoms with Crippen molar-refractivity contribution in [3.8, 4) is 0 Å². The second-order valence-corrected chi connectivity index (χ2v) is 9.98. The molecule has 0 saturated carbocycles. The molecule has 0 aliphatic carbocycles. The van der Waals surface area contributed by atoms with E-state index in [9.17, 15) is 4.57 Å². The van der Waals surface area contributed by atoms with Crippen molar-refractivity contribution >= 4 is 24.6 Å². The highest BCUT2D eigenvalue weighted by Crippen LogP contribution is 2.50. The molecule has 11 nitrogen and oxygen atoms in total. The smallest absolute Gasteiger partial charge is 0.356 e. The number of aromatic nitrogens is 4. The minimum absolute atomic E-state index is 0.137. The fourth-order valence-electron chi connectivity index (χ4n) is 3.41. The Bertz CT molecular complexity index is 872. The molecule has 2 aromatic heterocycles. The van der Waals surface area contributed by atoms with E-state index in [0.29, 0.717) is 43.3 Å². The Morgan fingerprint density at radius 1 is 1.10 bits per heavy atom. The lowest BCUT2D eigenvalue weighted by molar-refractivity contribution is -0.0124. The lowest BCUT2D eigenvalue weighted by Crippen LogP contribution is -2.43. The van der Waals surface area contributed by atoms with E-state index in [2.05, 4.69) is 19.9 Å². The molecule has 3 rings (SSSR count). The van der Waals surface area contributed by atoms with Gasteiger partial charge in [0.2, 0.25) is 0 Å². The van der Waals surface area contributed by atoms with Gasteiger partial charge in [-0.05, 0) is 27.7 Å². The summed E-state index contributed by atoms with van der Waals surface area (Å²) in [7, 11) is -3.42. The van der Waals surface area contributed by atoms with E-state index < -0.39 is 7.60 Å². The Kier molecular flexibility index (Phi) is 8.37. The molecule has 12 heteroatoms. The molecule has 2 N–H and O–H groups in total. The number of nitrogens with two attached hydrogens (primary N) is 1. The minimum Gasteiger partial charge on any atom is -0.382 e. The molecule has 0 amide bonds. The van der Waals surface area contributed by atoms with Crippen LogP contribution in [0, 0.1) is 0 Å². The van der Waals surface area contributed by atoms with Gasteiger partial charge in [0.05, 0.1) is 44.4 Å². The molecule has 0 aromatic carbocycles. The van der Waals surface area contributed by atoms with Crippen LogP contribution in [0.3, 0.4) is 0 Å². The van der Waals surface area contributed by atoms with Crippen molar-refractivity contribution in [1.29, 1.82) is 0 Å². The molecule has 3 heterocycles. The number of anilines is 1. The van der Waals surface area contributed by atoms with Gasteiger partial charge in [-0.25, -0.2) is 15.0 Å². The Labute approximate surface area is 182 Å². The summed E-state index contributed by atoms with van der Waals surface area (Å²) in [6.07, 6.45) is 2.15. The maximum absolute atomic E-state index is 13.2. The van der Waals surface area contributed by atoms with Gasteiger partial charge >= 0.3 is 7.60 Å². The van der Waals surface area contributed by atoms with Crippen LogP contribution < -0.4 is 5.73 Å². The van der Waals surface area contributed by atoms with E-state index in [0.717, 1.165) is 13.1 Å². The van der Waals surface area contributed by atoms with Gasteiger partial charge in [0.1, 0.15) is 18.2 Å². The first-order valence-electron chi connectivity index (χ1n) is 10.5. The summed E-state index contributed by atoms with van der Waals surface area (Å²) >= 11 is 0. The fourth-order valence-corrected chi connectivity index (χ4v) is 5.26. The molecule has 2 aromatic rings. The van der Waals surface area contributed by atoms with Gasteiger partial charge < -0.3 is 28.8 Å². The number of fused-ring (bicyclic) bond motifs is 1. The predicted octanol–water partition coefficient (Wildman–Crippen LogP) is 2.13. The van der Waals surface area contributed by atoms with Crippen LogP contribution >= 0.6 is 7.60 Å². The van der Waals surface area contributed by atoms with Crippen LogP contribution in [-0.2, 0) is 29.6 Å². The lowest BCUT2D eigenvalue weighted by atomic mass is 10.3. The monoisotopic (exact) mass is 456 g/mol. The van der Waals surface area contributed by atoms with E-state index in [1.807, 2.05) is 32.3 Å². The topological polar surface area (TPSA) is 127 Å². The van der Waals surface area contributed by atoms with Crippen molar-refractivity contribution in [2.45, 2.75) is 52.6 Å². The predicted molar refractivity (Wildman–Crippen MR) is 117 cm³/mol. The third-order valence-corrected chi connectivity index (χ3v) is 6.56. The molecule has 1 aliphatic heterocycles. The van der Waals surface area contributed by atoms with Gasteiger partial charge in [-0.1, -0.05) is 0 Å². The average molecular weight is 456 g/mol. The lowest BCUT2D eigenvalue weighted by Gasteiger charge is -2.31.